The maximum atomic E-state index is 12.0. The molecule has 0 spiro atoms. The number of halogens is 2. The van der Waals surface area contributed by atoms with E-state index in [4.69, 9.17) is 0 Å². The lowest BCUT2D eigenvalue weighted by Gasteiger charge is -2.19. The Morgan fingerprint density at radius 3 is 2.50 bits per heavy atom. The quantitative estimate of drug-likeness (QED) is 0.694. The highest BCUT2D eigenvalue weighted by molar-refractivity contribution is 9.10. The third-order valence-corrected chi connectivity index (χ3v) is 4.52. The van der Waals surface area contributed by atoms with E-state index in [9.17, 15) is 4.79 Å². The molecule has 1 aliphatic rings. The molecular formula is C14H11Br2NO. The number of hydrogen-bond acceptors (Lipinski definition) is 1. The van der Waals surface area contributed by atoms with Gasteiger partial charge in [0.2, 0.25) is 5.91 Å². The van der Waals surface area contributed by atoms with Crippen LogP contribution in [0.4, 0.5) is 5.69 Å². The van der Waals surface area contributed by atoms with Gasteiger partial charge in [0, 0.05) is 27.7 Å². The first kappa shape index (κ1) is 12.2. The molecule has 1 aliphatic heterocycles. The number of benzene rings is 2. The SMILES string of the molecule is O=C1CC(Br)CN1c1ccc(Br)c2ccccc12. The molecule has 2 aromatic rings. The molecule has 0 aliphatic carbocycles. The van der Waals surface area contributed by atoms with Crippen molar-refractivity contribution in [2.24, 2.45) is 0 Å². The highest BCUT2D eigenvalue weighted by Crippen LogP contribution is 2.35. The average Bonchev–Trinajstić information content (AvgIpc) is 2.69. The van der Waals surface area contributed by atoms with Crippen LogP contribution in [0.15, 0.2) is 40.9 Å². The maximum Gasteiger partial charge on any atom is 0.228 e. The highest BCUT2D eigenvalue weighted by atomic mass is 79.9. The lowest BCUT2D eigenvalue weighted by atomic mass is 10.1. The Bertz CT molecular complexity index is 626. The Morgan fingerprint density at radius 1 is 1.11 bits per heavy atom. The van der Waals surface area contributed by atoms with Gasteiger partial charge >= 0.3 is 0 Å². The summed E-state index contributed by atoms with van der Waals surface area (Å²) in [5, 5.41) is 2.25. The van der Waals surface area contributed by atoms with Crippen molar-refractivity contribution in [1.29, 1.82) is 0 Å². The fraction of sp³-hybridized carbons (Fsp3) is 0.214. The number of carbonyl (C=O) groups is 1. The second-order valence-corrected chi connectivity index (χ2v) is 6.57. The molecule has 1 amide bonds. The minimum Gasteiger partial charge on any atom is -0.311 e. The summed E-state index contributed by atoms with van der Waals surface area (Å²) in [7, 11) is 0. The molecule has 0 radical (unpaired) electrons. The summed E-state index contributed by atoms with van der Waals surface area (Å²) in [5.74, 6) is 0.185. The Kier molecular flexibility index (Phi) is 3.16. The first-order valence-corrected chi connectivity index (χ1v) is 7.49. The number of nitrogens with zero attached hydrogens (tertiary/aromatic N) is 1. The predicted molar refractivity (Wildman–Crippen MR) is 81.3 cm³/mol. The second kappa shape index (κ2) is 4.67. The normalized spacial score (nSPS) is 19.8. The zero-order chi connectivity index (χ0) is 12.7. The van der Waals surface area contributed by atoms with E-state index in [2.05, 4.69) is 44.0 Å². The van der Waals surface area contributed by atoms with Gasteiger partial charge in [-0.1, -0.05) is 56.1 Å². The third-order valence-electron chi connectivity index (χ3n) is 3.22. The average molecular weight is 369 g/mol. The van der Waals surface area contributed by atoms with Crippen molar-refractivity contribution >= 4 is 54.2 Å². The van der Waals surface area contributed by atoms with Crippen LogP contribution in [0.1, 0.15) is 6.42 Å². The molecule has 3 rings (SSSR count). The number of carbonyl (C=O) groups excluding carboxylic acids is 1. The minimum absolute atomic E-state index is 0.185. The van der Waals surface area contributed by atoms with E-state index < -0.39 is 0 Å². The van der Waals surface area contributed by atoms with Crippen LogP contribution in [0.25, 0.3) is 10.8 Å². The number of hydrogen-bond donors (Lipinski definition) is 0. The summed E-state index contributed by atoms with van der Waals surface area (Å²) in [6.45, 7) is 0.741. The van der Waals surface area contributed by atoms with Crippen molar-refractivity contribution in [3.63, 3.8) is 0 Å². The van der Waals surface area contributed by atoms with Crippen molar-refractivity contribution in [1.82, 2.24) is 0 Å². The van der Waals surface area contributed by atoms with Crippen LogP contribution in [0.2, 0.25) is 0 Å². The lowest BCUT2D eigenvalue weighted by molar-refractivity contribution is -0.117. The zero-order valence-electron chi connectivity index (χ0n) is 9.57. The van der Waals surface area contributed by atoms with E-state index in [0.29, 0.717) is 6.42 Å². The molecule has 1 saturated heterocycles. The largest absolute Gasteiger partial charge is 0.311 e. The molecule has 92 valence electrons. The van der Waals surface area contributed by atoms with Gasteiger partial charge in [-0.2, -0.15) is 0 Å². The Balaban J connectivity index is 2.18. The van der Waals surface area contributed by atoms with Gasteiger partial charge < -0.3 is 4.90 Å². The number of rotatable bonds is 1. The van der Waals surface area contributed by atoms with Crippen LogP contribution in [-0.2, 0) is 4.79 Å². The summed E-state index contributed by atoms with van der Waals surface area (Å²) in [6, 6.07) is 12.2. The standard InChI is InChI=1S/C14H11Br2NO/c15-9-7-14(18)17(8-9)13-6-5-12(16)10-3-1-2-4-11(10)13/h1-6,9H,7-8H2. The number of fused-ring (bicyclic) bond motifs is 1. The van der Waals surface area contributed by atoms with Crippen molar-refractivity contribution in [2.45, 2.75) is 11.2 Å². The Morgan fingerprint density at radius 2 is 1.83 bits per heavy atom. The summed E-state index contributed by atoms with van der Waals surface area (Å²) in [4.78, 5) is 14.1. The second-order valence-electron chi connectivity index (χ2n) is 4.42. The first-order valence-electron chi connectivity index (χ1n) is 5.78. The molecule has 0 bridgehead atoms. The van der Waals surface area contributed by atoms with Gasteiger partial charge in [-0.3, -0.25) is 4.79 Å². The molecule has 2 aromatic carbocycles. The van der Waals surface area contributed by atoms with Crippen molar-refractivity contribution in [3.05, 3.63) is 40.9 Å². The van der Waals surface area contributed by atoms with Crippen LogP contribution in [-0.4, -0.2) is 17.3 Å². The molecule has 2 nitrogen and oxygen atoms in total. The molecular weight excluding hydrogens is 358 g/mol. The summed E-state index contributed by atoms with van der Waals surface area (Å²) < 4.78 is 1.06. The van der Waals surface area contributed by atoms with Gasteiger partial charge in [-0.15, -0.1) is 0 Å². The zero-order valence-corrected chi connectivity index (χ0v) is 12.7. The first-order chi connectivity index (χ1) is 8.66. The Hall–Kier alpha value is -0.870. The van der Waals surface area contributed by atoms with Gasteiger partial charge in [0.05, 0.1) is 5.69 Å². The topological polar surface area (TPSA) is 20.3 Å². The number of alkyl halides is 1. The van der Waals surface area contributed by atoms with Crippen molar-refractivity contribution in [2.75, 3.05) is 11.4 Å². The molecule has 1 atom stereocenters. The van der Waals surface area contributed by atoms with E-state index in [1.54, 1.807) is 0 Å². The molecule has 4 heteroatoms. The molecule has 0 saturated carbocycles. The minimum atomic E-state index is 0.185. The number of anilines is 1. The van der Waals surface area contributed by atoms with Crippen molar-refractivity contribution in [3.8, 4) is 0 Å². The summed E-state index contributed by atoms with van der Waals surface area (Å²) in [6.07, 6.45) is 0.574. The van der Waals surface area contributed by atoms with Gasteiger partial charge in [0.1, 0.15) is 0 Å². The third kappa shape index (κ3) is 1.97. The summed E-state index contributed by atoms with van der Waals surface area (Å²) >= 11 is 7.08. The molecule has 0 N–H and O–H groups in total. The lowest BCUT2D eigenvalue weighted by Crippen LogP contribution is -2.24. The fourth-order valence-electron chi connectivity index (χ4n) is 2.38. The van der Waals surface area contributed by atoms with E-state index in [1.807, 2.05) is 29.2 Å². The molecule has 18 heavy (non-hydrogen) atoms. The highest BCUT2D eigenvalue weighted by Gasteiger charge is 2.29. The fourth-order valence-corrected chi connectivity index (χ4v) is 3.42. The predicted octanol–water partition coefficient (Wildman–Crippen LogP) is 4.10. The van der Waals surface area contributed by atoms with Crippen LogP contribution in [0.5, 0.6) is 0 Å². The monoisotopic (exact) mass is 367 g/mol. The number of amides is 1. The van der Waals surface area contributed by atoms with Gasteiger partial charge in [0.25, 0.3) is 0 Å². The van der Waals surface area contributed by atoms with E-state index in [0.717, 1.165) is 27.5 Å². The molecule has 1 unspecified atom stereocenters. The van der Waals surface area contributed by atoms with Gasteiger partial charge in [-0.05, 0) is 17.5 Å². The van der Waals surface area contributed by atoms with Gasteiger partial charge in [0.15, 0.2) is 0 Å². The Labute approximate surface area is 122 Å². The van der Waals surface area contributed by atoms with Crippen LogP contribution < -0.4 is 4.90 Å². The van der Waals surface area contributed by atoms with Crippen LogP contribution in [0.3, 0.4) is 0 Å². The van der Waals surface area contributed by atoms with Gasteiger partial charge in [-0.25, -0.2) is 0 Å². The smallest absolute Gasteiger partial charge is 0.228 e. The maximum absolute atomic E-state index is 12.0. The molecule has 0 aromatic heterocycles. The van der Waals surface area contributed by atoms with E-state index in [1.165, 1.54) is 0 Å². The van der Waals surface area contributed by atoms with E-state index in [-0.39, 0.29) is 10.7 Å². The van der Waals surface area contributed by atoms with Crippen LogP contribution >= 0.6 is 31.9 Å². The molecule has 1 fully saturated rings. The van der Waals surface area contributed by atoms with Crippen molar-refractivity contribution < 1.29 is 4.79 Å². The summed E-state index contributed by atoms with van der Waals surface area (Å²) in [5.41, 5.74) is 1.00. The van der Waals surface area contributed by atoms with E-state index >= 15 is 0 Å². The molecule has 1 heterocycles. The van der Waals surface area contributed by atoms with Crippen LogP contribution in [0, 0.1) is 0 Å².